The van der Waals surface area contributed by atoms with Gasteiger partial charge < -0.3 is 10.6 Å². The van der Waals surface area contributed by atoms with Crippen molar-refractivity contribution in [2.24, 2.45) is 5.73 Å². The molecule has 2 heterocycles. The van der Waals surface area contributed by atoms with Crippen molar-refractivity contribution in [3.8, 4) is 0 Å². The van der Waals surface area contributed by atoms with Crippen molar-refractivity contribution in [1.29, 1.82) is 0 Å². The first-order chi connectivity index (χ1) is 9.00. The lowest BCUT2D eigenvalue weighted by Gasteiger charge is -2.40. The molecule has 0 saturated carbocycles. The molecule has 1 aromatic heterocycles. The number of nitrogens with zero attached hydrogens (tertiary/aromatic N) is 1. The Morgan fingerprint density at radius 1 is 1.47 bits per heavy atom. The van der Waals surface area contributed by atoms with Crippen molar-refractivity contribution >= 4 is 46.2 Å². The Balaban J connectivity index is 2.06. The van der Waals surface area contributed by atoms with E-state index in [0.29, 0.717) is 4.99 Å². The van der Waals surface area contributed by atoms with Crippen LogP contribution in [-0.2, 0) is 0 Å². The number of hydrogen-bond donors (Lipinski definition) is 1. The number of thioether (sulfide) groups is 1. The standard InChI is InChI=1S/C13H18N2OS3/c1-9-7-19-8-10(9)11(16)15-5-3-13(18-2,4-6-15)12(14)17/h7-8H,3-6H2,1-2H3,(H2,14,17). The molecule has 1 fully saturated rings. The number of aryl methyl sites for hydroxylation is 1. The van der Waals surface area contributed by atoms with Crippen LogP contribution in [0.4, 0.5) is 0 Å². The number of likely N-dealkylation sites (tertiary alicyclic amines) is 1. The summed E-state index contributed by atoms with van der Waals surface area (Å²) >= 11 is 8.48. The fraction of sp³-hybridized carbons (Fsp3) is 0.538. The first-order valence-electron chi connectivity index (χ1n) is 6.17. The largest absolute Gasteiger partial charge is 0.392 e. The summed E-state index contributed by atoms with van der Waals surface area (Å²) in [7, 11) is 0. The minimum Gasteiger partial charge on any atom is -0.392 e. The van der Waals surface area contributed by atoms with E-state index < -0.39 is 0 Å². The number of rotatable bonds is 3. The lowest BCUT2D eigenvalue weighted by atomic mass is 9.95. The SMILES string of the molecule is CSC1(C(N)=S)CCN(C(=O)c2cscc2C)CC1. The van der Waals surface area contributed by atoms with Crippen molar-refractivity contribution < 1.29 is 4.79 Å². The molecule has 1 aliphatic heterocycles. The van der Waals surface area contributed by atoms with Gasteiger partial charge in [-0.1, -0.05) is 12.2 Å². The third-order valence-corrected chi connectivity index (χ3v) is 6.58. The van der Waals surface area contributed by atoms with Gasteiger partial charge in [-0.2, -0.15) is 23.1 Å². The predicted molar refractivity (Wildman–Crippen MR) is 87.2 cm³/mol. The van der Waals surface area contributed by atoms with Crippen molar-refractivity contribution in [3.05, 3.63) is 21.9 Å². The summed E-state index contributed by atoms with van der Waals surface area (Å²) in [6, 6.07) is 0. The molecule has 1 saturated heterocycles. The molecule has 0 radical (unpaired) electrons. The summed E-state index contributed by atoms with van der Waals surface area (Å²) < 4.78 is -0.129. The van der Waals surface area contributed by atoms with Crippen LogP contribution in [0.1, 0.15) is 28.8 Å². The Hall–Kier alpha value is -0.590. The minimum atomic E-state index is -0.129. The Morgan fingerprint density at radius 2 is 2.11 bits per heavy atom. The number of piperidine rings is 1. The zero-order chi connectivity index (χ0) is 14.0. The zero-order valence-corrected chi connectivity index (χ0v) is 13.6. The van der Waals surface area contributed by atoms with Crippen LogP contribution in [0.25, 0.3) is 0 Å². The summed E-state index contributed by atoms with van der Waals surface area (Å²) in [4.78, 5) is 14.9. The van der Waals surface area contributed by atoms with E-state index in [1.807, 2.05) is 28.8 Å². The Bertz CT molecular complexity index is 490. The second-order valence-corrected chi connectivity index (χ2v) is 7.20. The molecule has 6 heteroatoms. The highest BCUT2D eigenvalue weighted by Gasteiger charge is 2.38. The monoisotopic (exact) mass is 314 g/mol. The summed E-state index contributed by atoms with van der Waals surface area (Å²) in [5, 5.41) is 3.94. The molecular weight excluding hydrogens is 296 g/mol. The maximum atomic E-state index is 12.4. The topological polar surface area (TPSA) is 46.3 Å². The molecule has 3 nitrogen and oxygen atoms in total. The molecular formula is C13H18N2OS3. The predicted octanol–water partition coefficient (Wildman–Crippen LogP) is 2.68. The van der Waals surface area contributed by atoms with Crippen LogP contribution in [-0.4, -0.2) is 39.9 Å². The smallest absolute Gasteiger partial charge is 0.254 e. The van der Waals surface area contributed by atoms with Gasteiger partial charge in [-0.05, 0) is 37.0 Å². The number of thiophene rings is 1. The summed E-state index contributed by atoms with van der Waals surface area (Å²) in [5.74, 6) is 0.136. The molecule has 0 aromatic carbocycles. The molecule has 2 rings (SSSR count). The second kappa shape index (κ2) is 5.81. The lowest BCUT2D eigenvalue weighted by molar-refractivity contribution is 0.0719. The van der Waals surface area contributed by atoms with Crippen molar-refractivity contribution in [3.63, 3.8) is 0 Å². The average molecular weight is 315 g/mol. The number of carbonyl (C=O) groups excluding carboxylic acids is 1. The van der Waals surface area contributed by atoms with E-state index in [4.69, 9.17) is 18.0 Å². The summed E-state index contributed by atoms with van der Waals surface area (Å²) in [6.45, 7) is 3.44. The number of nitrogens with two attached hydrogens (primary N) is 1. The van der Waals surface area contributed by atoms with E-state index in [1.54, 1.807) is 23.1 Å². The highest BCUT2D eigenvalue weighted by molar-refractivity contribution is 8.02. The van der Waals surface area contributed by atoms with Crippen LogP contribution in [0.2, 0.25) is 0 Å². The molecule has 0 bridgehead atoms. The molecule has 1 aromatic rings. The highest BCUT2D eigenvalue weighted by Crippen LogP contribution is 2.35. The van der Waals surface area contributed by atoms with Gasteiger partial charge in [0.1, 0.15) is 0 Å². The van der Waals surface area contributed by atoms with Gasteiger partial charge in [0.2, 0.25) is 0 Å². The van der Waals surface area contributed by atoms with Crippen molar-refractivity contribution in [2.45, 2.75) is 24.5 Å². The number of carbonyl (C=O) groups is 1. The highest BCUT2D eigenvalue weighted by atomic mass is 32.2. The molecule has 0 spiro atoms. The quantitative estimate of drug-likeness (QED) is 0.871. The minimum absolute atomic E-state index is 0.129. The molecule has 104 valence electrons. The number of hydrogen-bond acceptors (Lipinski definition) is 4. The van der Waals surface area contributed by atoms with Crippen molar-refractivity contribution in [2.75, 3.05) is 19.3 Å². The first kappa shape index (κ1) is 14.8. The second-order valence-electron chi connectivity index (χ2n) is 4.82. The van der Waals surface area contributed by atoms with E-state index in [1.165, 1.54) is 0 Å². The maximum Gasteiger partial charge on any atom is 0.254 e. The molecule has 0 atom stereocenters. The summed E-state index contributed by atoms with van der Waals surface area (Å²) in [6.07, 6.45) is 3.73. The Labute approximate surface area is 127 Å². The van der Waals surface area contributed by atoms with Gasteiger partial charge in [0, 0.05) is 18.5 Å². The molecule has 1 aliphatic rings. The van der Waals surface area contributed by atoms with E-state index in [0.717, 1.165) is 37.1 Å². The molecule has 0 aliphatic carbocycles. The van der Waals surface area contributed by atoms with Crippen molar-refractivity contribution in [1.82, 2.24) is 4.90 Å². The maximum absolute atomic E-state index is 12.4. The van der Waals surface area contributed by atoms with Gasteiger partial charge in [0.15, 0.2) is 0 Å². The van der Waals surface area contributed by atoms with Crippen LogP contribution in [0.5, 0.6) is 0 Å². The average Bonchev–Trinajstić information content (AvgIpc) is 2.84. The third-order valence-electron chi connectivity index (χ3n) is 3.78. The molecule has 19 heavy (non-hydrogen) atoms. The van der Waals surface area contributed by atoms with Gasteiger partial charge in [0.05, 0.1) is 15.3 Å². The fourth-order valence-corrected chi connectivity index (χ4v) is 4.44. The first-order valence-corrected chi connectivity index (χ1v) is 8.75. The van der Waals surface area contributed by atoms with Crippen LogP contribution in [0, 0.1) is 6.92 Å². The van der Waals surface area contributed by atoms with E-state index in [-0.39, 0.29) is 10.7 Å². The zero-order valence-electron chi connectivity index (χ0n) is 11.1. The van der Waals surface area contributed by atoms with Gasteiger partial charge >= 0.3 is 0 Å². The Morgan fingerprint density at radius 3 is 2.53 bits per heavy atom. The van der Waals surface area contributed by atoms with Crippen LogP contribution >= 0.6 is 35.3 Å². The summed E-state index contributed by atoms with van der Waals surface area (Å²) in [5.41, 5.74) is 7.75. The van der Waals surface area contributed by atoms with Crippen LogP contribution < -0.4 is 5.73 Å². The van der Waals surface area contributed by atoms with E-state index >= 15 is 0 Å². The number of amides is 1. The lowest BCUT2D eigenvalue weighted by Crippen LogP contribution is -2.50. The van der Waals surface area contributed by atoms with E-state index in [2.05, 4.69) is 0 Å². The van der Waals surface area contributed by atoms with Crippen LogP contribution in [0.3, 0.4) is 0 Å². The van der Waals surface area contributed by atoms with Gasteiger partial charge in [-0.15, -0.1) is 0 Å². The van der Waals surface area contributed by atoms with Gasteiger partial charge in [-0.25, -0.2) is 0 Å². The van der Waals surface area contributed by atoms with E-state index in [9.17, 15) is 4.79 Å². The van der Waals surface area contributed by atoms with Gasteiger partial charge in [-0.3, -0.25) is 4.79 Å². The molecule has 2 N–H and O–H groups in total. The van der Waals surface area contributed by atoms with Gasteiger partial charge in [0.25, 0.3) is 5.91 Å². The molecule has 0 unspecified atom stereocenters. The molecule has 1 amide bonds. The van der Waals surface area contributed by atoms with Crippen LogP contribution in [0.15, 0.2) is 10.8 Å². The fourth-order valence-electron chi connectivity index (χ4n) is 2.37. The Kier molecular flexibility index (Phi) is 4.53. The third kappa shape index (κ3) is 2.80. The normalized spacial score (nSPS) is 18.3. The number of thiocarbonyl (C=S) groups is 1.